The summed E-state index contributed by atoms with van der Waals surface area (Å²) in [6, 6.07) is 15.0. The Bertz CT molecular complexity index is 639. The zero-order valence-electron chi connectivity index (χ0n) is 14.1. The van der Waals surface area contributed by atoms with Crippen LogP contribution in [0.1, 0.15) is 12.5 Å². The van der Waals surface area contributed by atoms with Gasteiger partial charge in [-0.1, -0.05) is 19.1 Å². The summed E-state index contributed by atoms with van der Waals surface area (Å²) in [6.07, 6.45) is 0.674. The Morgan fingerprint density at radius 1 is 1.08 bits per heavy atom. The Balaban J connectivity index is 1.88. The van der Waals surface area contributed by atoms with Crippen LogP contribution in [0.2, 0.25) is 0 Å². The van der Waals surface area contributed by atoms with E-state index in [1.165, 1.54) is 0 Å². The summed E-state index contributed by atoms with van der Waals surface area (Å²) in [5, 5.41) is 2.92. The van der Waals surface area contributed by atoms with Crippen LogP contribution in [0.4, 0.5) is 5.69 Å². The molecular weight excluding hydrogens is 304 g/mol. The van der Waals surface area contributed by atoms with E-state index in [-0.39, 0.29) is 11.8 Å². The third-order valence-corrected chi connectivity index (χ3v) is 3.66. The molecule has 0 radical (unpaired) electrons. The van der Waals surface area contributed by atoms with Crippen molar-refractivity contribution in [3.05, 3.63) is 54.1 Å². The van der Waals surface area contributed by atoms with E-state index in [1.54, 1.807) is 7.11 Å². The maximum Gasteiger partial charge on any atom is 0.227 e. The molecule has 1 amide bonds. The average Bonchev–Trinajstić information content (AvgIpc) is 2.61. The van der Waals surface area contributed by atoms with Crippen LogP contribution in [0.25, 0.3) is 0 Å². The first-order valence-corrected chi connectivity index (χ1v) is 7.99. The number of hydrogen-bond donors (Lipinski definition) is 2. The van der Waals surface area contributed by atoms with E-state index >= 15 is 0 Å². The molecule has 0 aliphatic carbocycles. The van der Waals surface area contributed by atoms with Gasteiger partial charge in [0.05, 0.1) is 7.11 Å². The molecule has 1 unspecified atom stereocenters. The van der Waals surface area contributed by atoms with Crippen LogP contribution >= 0.6 is 0 Å². The number of anilines is 1. The van der Waals surface area contributed by atoms with Crippen LogP contribution in [0.3, 0.4) is 0 Å². The first kappa shape index (κ1) is 17.8. The number of nitrogens with one attached hydrogen (secondary N) is 1. The fourth-order valence-corrected chi connectivity index (χ4v) is 2.28. The first-order chi connectivity index (χ1) is 11.6. The van der Waals surface area contributed by atoms with Crippen molar-refractivity contribution in [2.24, 2.45) is 11.7 Å². The number of nitrogens with two attached hydrogens (primary N) is 1. The second kappa shape index (κ2) is 8.93. The number of hydrogen-bond acceptors (Lipinski definition) is 4. The van der Waals surface area contributed by atoms with Gasteiger partial charge in [-0.15, -0.1) is 0 Å². The fourth-order valence-electron chi connectivity index (χ4n) is 2.28. The second-order valence-electron chi connectivity index (χ2n) is 5.60. The lowest BCUT2D eigenvalue weighted by atomic mass is 10.00. The van der Waals surface area contributed by atoms with Crippen LogP contribution in [-0.2, 0) is 11.2 Å². The number of carbonyl (C=O) groups excluding carboxylic acids is 1. The first-order valence-electron chi connectivity index (χ1n) is 7.99. The largest absolute Gasteiger partial charge is 0.497 e. The van der Waals surface area contributed by atoms with E-state index in [0.717, 1.165) is 22.7 Å². The van der Waals surface area contributed by atoms with E-state index < -0.39 is 0 Å². The van der Waals surface area contributed by atoms with E-state index in [0.29, 0.717) is 19.6 Å². The number of carbonyl (C=O) groups is 1. The van der Waals surface area contributed by atoms with E-state index in [4.69, 9.17) is 15.2 Å². The van der Waals surface area contributed by atoms with Crippen molar-refractivity contribution in [3.63, 3.8) is 0 Å². The van der Waals surface area contributed by atoms with Crippen molar-refractivity contribution in [2.45, 2.75) is 13.3 Å². The predicted molar refractivity (Wildman–Crippen MR) is 95.5 cm³/mol. The van der Waals surface area contributed by atoms with Crippen molar-refractivity contribution >= 4 is 11.6 Å². The minimum absolute atomic E-state index is 0.0126. The third kappa shape index (κ3) is 5.28. The van der Waals surface area contributed by atoms with E-state index in [1.807, 2.05) is 55.5 Å². The maximum absolute atomic E-state index is 12.3. The molecule has 0 saturated carbocycles. The second-order valence-corrected chi connectivity index (χ2v) is 5.60. The molecule has 24 heavy (non-hydrogen) atoms. The molecule has 0 aliphatic rings. The summed E-state index contributed by atoms with van der Waals surface area (Å²) in [5.41, 5.74) is 7.25. The Morgan fingerprint density at radius 2 is 1.71 bits per heavy atom. The van der Waals surface area contributed by atoms with Gasteiger partial charge >= 0.3 is 0 Å². The maximum atomic E-state index is 12.3. The summed E-state index contributed by atoms with van der Waals surface area (Å²) in [7, 11) is 1.64. The zero-order valence-corrected chi connectivity index (χ0v) is 14.1. The Labute approximate surface area is 142 Å². The molecule has 5 heteroatoms. The molecule has 0 spiro atoms. The Kier molecular flexibility index (Phi) is 6.63. The van der Waals surface area contributed by atoms with Gasteiger partial charge in [-0.05, 0) is 48.4 Å². The highest BCUT2D eigenvalue weighted by Crippen LogP contribution is 2.18. The van der Waals surface area contributed by atoms with Gasteiger partial charge in [0, 0.05) is 18.2 Å². The molecule has 0 heterocycles. The van der Waals surface area contributed by atoms with Gasteiger partial charge in [-0.2, -0.15) is 0 Å². The van der Waals surface area contributed by atoms with E-state index in [2.05, 4.69) is 5.32 Å². The van der Waals surface area contributed by atoms with Gasteiger partial charge in [0.25, 0.3) is 0 Å². The lowest BCUT2D eigenvalue weighted by Crippen LogP contribution is -2.22. The summed E-state index contributed by atoms with van der Waals surface area (Å²) in [4.78, 5) is 12.3. The van der Waals surface area contributed by atoms with Gasteiger partial charge < -0.3 is 20.5 Å². The summed E-state index contributed by atoms with van der Waals surface area (Å²) in [5.74, 6) is 1.41. The highest BCUT2D eigenvalue weighted by atomic mass is 16.5. The van der Waals surface area contributed by atoms with Crippen molar-refractivity contribution in [1.82, 2.24) is 0 Å². The molecule has 5 nitrogen and oxygen atoms in total. The summed E-state index contributed by atoms with van der Waals surface area (Å²) >= 11 is 0. The van der Waals surface area contributed by atoms with Crippen molar-refractivity contribution in [2.75, 3.05) is 25.6 Å². The Morgan fingerprint density at radius 3 is 2.29 bits per heavy atom. The van der Waals surface area contributed by atoms with Crippen LogP contribution in [0.15, 0.2) is 48.5 Å². The highest BCUT2D eigenvalue weighted by molar-refractivity contribution is 5.92. The van der Waals surface area contributed by atoms with Crippen LogP contribution in [-0.4, -0.2) is 26.2 Å². The minimum atomic E-state index is -0.133. The number of methoxy groups -OCH3 is 1. The van der Waals surface area contributed by atoms with Gasteiger partial charge in [0.15, 0.2) is 0 Å². The predicted octanol–water partition coefficient (Wildman–Crippen LogP) is 2.85. The topological polar surface area (TPSA) is 73.6 Å². The van der Waals surface area contributed by atoms with Crippen molar-refractivity contribution < 1.29 is 14.3 Å². The number of ether oxygens (including phenoxy) is 2. The average molecular weight is 328 g/mol. The van der Waals surface area contributed by atoms with Crippen molar-refractivity contribution in [1.29, 1.82) is 0 Å². The number of benzene rings is 2. The standard InChI is InChI=1S/C19H24N2O3/c1-14(13-15-3-7-17(23-2)8-4-15)19(22)21-16-5-9-18(10-6-16)24-12-11-20/h3-10,14H,11-13,20H2,1-2H3,(H,21,22). The minimum Gasteiger partial charge on any atom is -0.497 e. The molecule has 2 aromatic carbocycles. The van der Waals surface area contributed by atoms with Gasteiger partial charge in [0.1, 0.15) is 18.1 Å². The van der Waals surface area contributed by atoms with E-state index in [9.17, 15) is 4.79 Å². The van der Waals surface area contributed by atoms with Crippen LogP contribution in [0.5, 0.6) is 11.5 Å². The fraction of sp³-hybridized carbons (Fsp3) is 0.316. The molecule has 3 N–H and O–H groups in total. The molecule has 0 aromatic heterocycles. The highest BCUT2D eigenvalue weighted by Gasteiger charge is 2.14. The molecule has 0 aliphatic heterocycles. The molecule has 0 bridgehead atoms. The zero-order chi connectivity index (χ0) is 17.4. The van der Waals surface area contributed by atoms with Gasteiger partial charge in [0.2, 0.25) is 5.91 Å². The molecule has 1 atom stereocenters. The van der Waals surface area contributed by atoms with Crippen LogP contribution < -0.4 is 20.5 Å². The molecule has 0 fully saturated rings. The lowest BCUT2D eigenvalue weighted by molar-refractivity contribution is -0.119. The molecule has 2 rings (SSSR count). The Hall–Kier alpha value is -2.53. The SMILES string of the molecule is COc1ccc(CC(C)C(=O)Nc2ccc(OCCN)cc2)cc1. The molecular formula is C19H24N2O3. The molecule has 0 saturated heterocycles. The summed E-state index contributed by atoms with van der Waals surface area (Å²) < 4.78 is 10.6. The number of rotatable bonds is 8. The smallest absolute Gasteiger partial charge is 0.227 e. The molecule has 2 aromatic rings. The normalized spacial score (nSPS) is 11.6. The summed E-state index contributed by atoms with van der Waals surface area (Å²) in [6.45, 7) is 2.87. The van der Waals surface area contributed by atoms with Crippen LogP contribution in [0, 0.1) is 5.92 Å². The van der Waals surface area contributed by atoms with Gasteiger partial charge in [-0.3, -0.25) is 4.79 Å². The van der Waals surface area contributed by atoms with Gasteiger partial charge in [-0.25, -0.2) is 0 Å². The molecule has 128 valence electrons. The van der Waals surface area contributed by atoms with Crippen molar-refractivity contribution in [3.8, 4) is 11.5 Å². The number of amides is 1. The third-order valence-electron chi connectivity index (χ3n) is 3.66. The monoisotopic (exact) mass is 328 g/mol. The lowest BCUT2D eigenvalue weighted by Gasteiger charge is -2.13. The quantitative estimate of drug-likeness (QED) is 0.781.